The van der Waals surface area contributed by atoms with Crippen molar-refractivity contribution in [2.24, 2.45) is 0 Å². The molecule has 1 heterocycles. The van der Waals surface area contributed by atoms with Gasteiger partial charge in [0.1, 0.15) is 11.5 Å². The highest BCUT2D eigenvalue weighted by molar-refractivity contribution is 9.10. The maximum absolute atomic E-state index is 13.7. The van der Waals surface area contributed by atoms with Crippen LogP contribution in [0.1, 0.15) is 15.9 Å². The van der Waals surface area contributed by atoms with Gasteiger partial charge in [-0.1, -0.05) is 6.07 Å². The molecule has 0 aliphatic heterocycles. The summed E-state index contributed by atoms with van der Waals surface area (Å²) in [6, 6.07) is 3.79. The van der Waals surface area contributed by atoms with Crippen molar-refractivity contribution in [2.45, 2.75) is 6.92 Å². The second-order valence-electron chi connectivity index (χ2n) is 3.62. The largest absolute Gasteiger partial charge is 0.457 e. The summed E-state index contributed by atoms with van der Waals surface area (Å²) >= 11 is 3.02. The van der Waals surface area contributed by atoms with Gasteiger partial charge in [0.05, 0.1) is 11.8 Å². The highest BCUT2D eigenvalue weighted by atomic mass is 79.9. The van der Waals surface area contributed by atoms with E-state index in [1.807, 2.05) is 0 Å². The van der Waals surface area contributed by atoms with Gasteiger partial charge in [0, 0.05) is 0 Å². The van der Waals surface area contributed by atoms with Gasteiger partial charge in [-0.2, -0.15) is 0 Å². The number of benzene rings is 1. The minimum absolute atomic E-state index is 0.162. The normalized spacial score (nSPS) is 10.4. The fourth-order valence-electron chi connectivity index (χ4n) is 1.41. The van der Waals surface area contributed by atoms with E-state index in [2.05, 4.69) is 21.2 Å². The Kier molecular flexibility index (Phi) is 3.47. The molecule has 0 saturated carbocycles. The lowest BCUT2D eigenvalue weighted by molar-refractivity contribution is 0.102. The Labute approximate surface area is 110 Å². The molecule has 18 heavy (non-hydrogen) atoms. The minimum atomic E-state index is -0.828. The smallest absolute Gasteiger partial charge is 0.260 e. The van der Waals surface area contributed by atoms with Crippen molar-refractivity contribution in [3.05, 3.63) is 51.9 Å². The van der Waals surface area contributed by atoms with Crippen LogP contribution in [-0.2, 0) is 0 Å². The molecule has 0 aliphatic rings. The SMILES string of the molecule is Cc1ccc(F)c(NC(=O)c2ccoc2Br)c1F. The van der Waals surface area contributed by atoms with E-state index >= 15 is 0 Å². The van der Waals surface area contributed by atoms with E-state index in [0.29, 0.717) is 0 Å². The van der Waals surface area contributed by atoms with Gasteiger partial charge in [0.2, 0.25) is 0 Å². The summed E-state index contributed by atoms with van der Waals surface area (Å²) in [6.07, 6.45) is 1.29. The van der Waals surface area contributed by atoms with Crippen molar-refractivity contribution in [3.63, 3.8) is 0 Å². The lowest BCUT2D eigenvalue weighted by atomic mass is 10.2. The minimum Gasteiger partial charge on any atom is -0.457 e. The van der Waals surface area contributed by atoms with Gasteiger partial charge in [-0.3, -0.25) is 4.79 Å². The summed E-state index contributed by atoms with van der Waals surface area (Å²) in [4.78, 5) is 11.8. The molecule has 0 radical (unpaired) electrons. The van der Waals surface area contributed by atoms with Crippen molar-refractivity contribution in [3.8, 4) is 0 Å². The third-order valence-corrected chi connectivity index (χ3v) is 3.00. The quantitative estimate of drug-likeness (QED) is 0.913. The van der Waals surface area contributed by atoms with E-state index in [0.717, 1.165) is 6.07 Å². The van der Waals surface area contributed by atoms with Gasteiger partial charge < -0.3 is 9.73 Å². The molecule has 0 atom stereocenters. The number of hydrogen-bond donors (Lipinski definition) is 1. The predicted molar refractivity (Wildman–Crippen MR) is 65.5 cm³/mol. The first-order valence-electron chi connectivity index (χ1n) is 4.99. The molecule has 1 amide bonds. The Bertz CT molecular complexity index is 610. The molecule has 1 N–H and O–H groups in total. The van der Waals surface area contributed by atoms with Crippen LogP contribution in [-0.4, -0.2) is 5.91 Å². The van der Waals surface area contributed by atoms with Gasteiger partial charge in [0.25, 0.3) is 5.91 Å². The van der Waals surface area contributed by atoms with Gasteiger partial charge in [-0.05, 0) is 40.5 Å². The van der Waals surface area contributed by atoms with Crippen molar-refractivity contribution in [1.29, 1.82) is 0 Å². The van der Waals surface area contributed by atoms with Crippen LogP contribution in [0.2, 0.25) is 0 Å². The highest BCUT2D eigenvalue weighted by Gasteiger charge is 2.18. The first-order valence-corrected chi connectivity index (χ1v) is 5.79. The molecule has 0 bridgehead atoms. The number of carbonyl (C=O) groups excluding carboxylic acids is 1. The van der Waals surface area contributed by atoms with E-state index < -0.39 is 23.2 Å². The molecule has 1 aromatic carbocycles. The number of aryl methyl sites for hydroxylation is 1. The third kappa shape index (κ3) is 2.28. The first kappa shape index (κ1) is 12.8. The topological polar surface area (TPSA) is 42.2 Å². The summed E-state index contributed by atoms with van der Waals surface area (Å²) in [5.74, 6) is -2.27. The first-order chi connectivity index (χ1) is 8.50. The molecule has 94 valence electrons. The Morgan fingerprint density at radius 3 is 2.67 bits per heavy atom. The third-order valence-electron chi connectivity index (χ3n) is 2.39. The molecule has 2 rings (SSSR count). The molecule has 1 aromatic heterocycles. The van der Waals surface area contributed by atoms with Crippen molar-refractivity contribution in [2.75, 3.05) is 5.32 Å². The van der Waals surface area contributed by atoms with E-state index in [1.54, 1.807) is 0 Å². The Hall–Kier alpha value is -1.69. The van der Waals surface area contributed by atoms with Crippen molar-refractivity contribution in [1.82, 2.24) is 0 Å². The maximum atomic E-state index is 13.7. The summed E-state index contributed by atoms with van der Waals surface area (Å²) in [5.41, 5.74) is -0.0543. The molecule has 0 fully saturated rings. The van der Waals surface area contributed by atoms with Crippen LogP contribution in [0.5, 0.6) is 0 Å². The average Bonchev–Trinajstić information content (AvgIpc) is 2.76. The van der Waals surface area contributed by atoms with E-state index in [-0.39, 0.29) is 15.8 Å². The Morgan fingerprint density at radius 1 is 1.33 bits per heavy atom. The molecule has 0 saturated heterocycles. The van der Waals surface area contributed by atoms with Crippen LogP contribution in [0.3, 0.4) is 0 Å². The van der Waals surface area contributed by atoms with Crippen LogP contribution in [0, 0.1) is 18.6 Å². The van der Waals surface area contributed by atoms with Gasteiger partial charge in [0.15, 0.2) is 10.5 Å². The fourth-order valence-corrected chi connectivity index (χ4v) is 1.83. The molecular weight excluding hydrogens is 308 g/mol. The molecule has 3 nitrogen and oxygen atoms in total. The molecular formula is C12H8BrF2NO2. The maximum Gasteiger partial charge on any atom is 0.260 e. The summed E-state index contributed by atoms with van der Waals surface area (Å²) in [5, 5.41) is 2.18. The number of anilines is 1. The lowest BCUT2D eigenvalue weighted by Crippen LogP contribution is -2.14. The predicted octanol–water partition coefficient (Wildman–Crippen LogP) is 3.88. The number of amides is 1. The van der Waals surface area contributed by atoms with E-state index in [4.69, 9.17) is 4.42 Å². The molecule has 0 aliphatic carbocycles. The van der Waals surface area contributed by atoms with Crippen LogP contribution in [0.4, 0.5) is 14.5 Å². The summed E-state index contributed by atoms with van der Waals surface area (Å²) < 4.78 is 32.2. The zero-order valence-corrected chi connectivity index (χ0v) is 10.8. The second-order valence-corrected chi connectivity index (χ2v) is 4.34. The van der Waals surface area contributed by atoms with Gasteiger partial charge >= 0.3 is 0 Å². The number of nitrogens with one attached hydrogen (secondary N) is 1. The van der Waals surface area contributed by atoms with E-state index in [1.165, 1.54) is 25.3 Å². The van der Waals surface area contributed by atoms with Crippen LogP contribution < -0.4 is 5.32 Å². The van der Waals surface area contributed by atoms with Crippen LogP contribution in [0.25, 0.3) is 0 Å². The number of furan rings is 1. The monoisotopic (exact) mass is 315 g/mol. The standard InChI is InChI=1S/C12H8BrF2NO2/c1-6-2-3-8(14)10(9(6)15)16-12(17)7-4-5-18-11(7)13/h2-5H,1H3,(H,16,17). The number of hydrogen-bond acceptors (Lipinski definition) is 2. The lowest BCUT2D eigenvalue weighted by Gasteiger charge is -2.08. The second kappa shape index (κ2) is 4.89. The van der Waals surface area contributed by atoms with Gasteiger partial charge in [-0.15, -0.1) is 0 Å². The average molecular weight is 316 g/mol. The van der Waals surface area contributed by atoms with Crippen LogP contribution >= 0.6 is 15.9 Å². The zero-order chi connectivity index (χ0) is 13.3. The number of halogens is 3. The molecule has 6 heteroatoms. The molecule has 2 aromatic rings. The van der Waals surface area contributed by atoms with Crippen LogP contribution in [0.15, 0.2) is 33.5 Å². The van der Waals surface area contributed by atoms with E-state index in [9.17, 15) is 13.6 Å². The van der Waals surface area contributed by atoms with Crippen molar-refractivity contribution >= 4 is 27.5 Å². The summed E-state index contributed by atoms with van der Waals surface area (Å²) in [7, 11) is 0. The zero-order valence-electron chi connectivity index (χ0n) is 9.26. The van der Waals surface area contributed by atoms with Gasteiger partial charge in [-0.25, -0.2) is 8.78 Å². The molecule has 0 unspecified atom stereocenters. The molecule has 0 spiro atoms. The highest BCUT2D eigenvalue weighted by Crippen LogP contribution is 2.24. The number of carbonyl (C=O) groups is 1. The van der Waals surface area contributed by atoms with Crippen molar-refractivity contribution < 1.29 is 18.0 Å². The Balaban J connectivity index is 2.33. The summed E-state index contributed by atoms with van der Waals surface area (Å²) in [6.45, 7) is 1.48. The Morgan fingerprint density at radius 2 is 2.06 bits per heavy atom. The fraction of sp³-hybridized carbons (Fsp3) is 0.0833. The number of rotatable bonds is 2.